The molecule has 1 amide bonds. The van der Waals surface area contributed by atoms with Crippen molar-refractivity contribution in [3.05, 3.63) is 60.9 Å². The lowest BCUT2D eigenvalue weighted by molar-refractivity contribution is -0.118. The third-order valence-corrected chi connectivity index (χ3v) is 3.60. The maximum atomic E-state index is 12.1. The van der Waals surface area contributed by atoms with E-state index in [1.54, 1.807) is 12.1 Å². The number of hydrogen-bond donors (Lipinski definition) is 2. The molecule has 4 aromatic rings. The average molecular weight is 334 g/mol. The highest BCUT2D eigenvalue weighted by Gasteiger charge is 2.11. The third-order valence-electron chi connectivity index (χ3n) is 3.60. The minimum atomic E-state index is -0.349. The second kappa shape index (κ2) is 6.48. The maximum Gasteiger partial charge on any atom is 0.264 e. The number of ether oxygens (including phenoxy) is 1. The van der Waals surface area contributed by atoms with Crippen molar-refractivity contribution in [3.8, 4) is 17.3 Å². The first-order valence-corrected chi connectivity index (χ1v) is 7.66. The van der Waals surface area contributed by atoms with Gasteiger partial charge in [0.1, 0.15) is 5.75 Å². The number of furan rings is 1. The Morgan fingerprint density at radius 2 is 2.00 bits per heavy atom. The minimum Gasteiger partial charge on any atom is -0.483 e. The molecular formula is C18H14N4O3. The fourth-order valence-corrected chi connectivity index (χ4v) is 2.47. The number of fused-ring (bicyclic) bond motifs is 1. The summed E-state index contributed by atoms with van der Waals surface area (Å²) in [7, 11) is 0. The van der Waals surface area contributed by atoms with Crippen LogP contribution in [0.25, 0.3) is 22.4 Å². The summed E-state index contributed by atoms with van der Waals surface area (Å²) in [5, 5.41) is 11.2. The number of amides is 1. The summed E-state index contributed by atoms with van der Waals surface area (Å²) in [6.45, 7) is -0.140. The number of nitrogens with one attached hydrogen (secondary N) is 2. The summed E-state index contributed by atoms with van der Waals surface area (Å²) in [5.74, 6) is 1.45. The Morgan fingerprint density at radius 1 is 1.12 bits per heavy atom. The molecule has 124 valence electrons. The second-order valence-corrected chi connectivity index (χ2v) is 5.30. The van der Waals surface area contributed by atoms with Gasteiger partial charge < -0.3 is 9.15 Å². The Hall–Kier alpha value is -3.61. The third kappa shape index (κ3) is 3.20. The van der Waals surface area contributed by atoms with E-state index in [9.17, 15) is 4.79 Å². The average Bonchev–Trinajstić information content (AvgIpc) is 3.31. The molecule has 2 aromatic heterocycles. The van der Waals surface area contributed by atoms with Gasteiger partial charge in [-0.3, -0.25) is 15.2 Å². The summed E-state index contributed by atoms with van der Waals surface area (Å²) >= 11 is 0. The molecule has 2 N–H and O–H groups in total. The largest absolute Gasteiger partial charge is 0.483 e. The number of carbonyl (C=O) groups is 1. The minimum absolute atomic E-state index is 0.140. The predicted octanol–water partition coefficient (Wildman–Crippen LogP) is 3.24. The molecule has 0 spiro atoms. The van der Waals surface area contributed by atoms with Crippen LogP contribution in [0, 0.1) is 0 Å². The highest BCUT2D eigenvalue weighted by molar-refractivity contribution is 5.91. The Bertz CT molecular complexity index is 1000. The smallest absolute Gasteiger partial charge is 0.264 e. The first-order chi connectivity index (χ1) is 12.3. The van der Waals surface area contributed by atoms with Crippen LogP contribution in [0.3, 0.4) is 0 Å². The molecule has 0 saturated heterocycles. The van der Waals surface area contributed by atoms with Crippen molar-refractivity contribution in [1.29, 1.82) is 0 Å². The SMILES string of the molecule is O=C(COc1cccc2ccccc12)Nc1n[nH]c(-c2ccco2)n1. The molecular weight excluding hydrogens is 320 g/mol. The highest BCUT2D eigenvalue weighted by Crippen LogP contribution is 2.25. The van der Waals surface area contributed by atoms with Gasteiger partial charge in [-0.2, -0.15) is 4.98 Å². The quantitative estimate of drug-likeness (QED) is 0.584. The Kier molecular flexibility index (Phi) is 3.88. The van der Waals surface area contributed by atoms with Gasteiger partial charge in [-0.15, -0.1) is 5.10 Å². The molecule has 2 heterocycles. The van der Waals surface area contributed by atoms with Crippen LogP contribution in [0.1, 0.15) is 0 Å². The molecule has 4 rings (SSSR count). The van der Waals surface area contributed by atoms with Crippen LogP contribution in [-0.4, -0.2) is 27.7 Å². The van der Waals surface area contributed by atoms with Gasteiger partial charge in [0.15, 0.2) is 18.2 Å². The molecule has 0 aliphatic heterocycles. The lowest BCUT2D eigenvalue weighted by atomic mass is 10.1. The second-order valence-electron chi connectivity index (χ2n) is 5.30. The molecule has 2 aromatic carbocycles. The molecule has 0 aliphatic rings. The van der Waals surface area contributed by atoms with Gasteiger partial charge in [0.25, 0.3) is 5.91 Å². The van der Waals surface area contributed by atoms with E-state index in [2.05, 4.69) is 20.5 Å². The zero-order valence-corrected chi connectivity index (χ0v) is 13.1. The van der Waals surface area contributed by atoms with E-state index in [0.29, 0.717) is 17.3 Å². The van der Waals surface area contributed by atoms with Crippen molar-refractivity contribution in [3.63, 3.8) is 0 Å². The first-order valence-electron chi connectivity index (χ1n) is 7.66. The Labute approximate surface area is 142 Å². The number of carbonyl (C=O) groups excluding carboxylic acids is 1. The van der Waals surface area contributed by atoms with E-state index in [0.717, 1.165) is 10.8 Å². The van der Waals surface area contributed by atoms with Gasteiger partial charge >= 0.3 is 0 Å². The Balaban J connectivity index is 1.41. The highest BCUT2D eigenvalue weighted by atomic mass is 16.5. The first kappa shape index (κ1) is 14.9. The number of hydrogen-bond acceptors (Lipinski definition) is 5. The lowest BCUT2D eigenvalue weighted by Gasteiger charge is -2.08. The van der Waals surface area contributed by atoms with E-state index in [1.807, 2.05) is 42.5 Å². The van der Waals surface area contributed by atoms with Crippen LogP contribution >= 0.6 is 0 Å². The summed E-state index contributed by atoms with van der Waals surface area (Å²) in [6.07, 6.45) is 1.54. The van der Waals surface area contributed by atoms with E-state index in [4.69, 9.17) is 9.15 Å². The van der Waals surface area contributed by atoms with Crippen LogP contribution in [0.4, 0.5) is 5.95 Å². The number of nitrogens with zero attached hydrogens (tertiary/aromatic N) is 2. The van der Waals surface area contributed by atoms with Gasteiger partial charge in [0.05, 0.1) is 6.26 Å². The summed E-state index contributed by atoms with van der Waals surface area (Å²) < 4.78 is 10.8. The van der Waals surface area contributed by atoms with Gasteiger partial charge in [-0.05, 0) is 23.6 Å². The molecule has 0 fully saturated rings. The van der Waals surface area contributed by atoms with Crippen molar-refractivity contribution in [2.24, 2.45) is 0 Å². The normalized spacial score (nSPS) is 10.7. The van der Waals surface area contributed by atoms with Crippen LogP contribution in [0.15, 0.2) is 65.3 Å². The fourth-order valence-electron chi connectivity index (χ4n) is 2.47. The molecule has 7 heteroatoms. The van der Waals surface area contributed by atoms with Crippen LogP contribution in [0.2, 0.25) is 0 Å². The predicted molar refractivity (Wildman–Crippen MR) is 92.2 cm³/mol. The monoisotopic (exact) mass is 334 g/mol. The number of aromatic amines is 1. The molecule has 25 heavy (non-hydrogen) atoms. The van der Waals surface area contributed by atoms with Gasteiger partial charge in [-0.25, -0.2) is 0 Å². The van der Waals surface area contributed by atoms with Gasteiger partial charge in [0.2, 0.25) is 5.95 Å². The lowest BCUT2D eigenvalue weighted by Crippen LogP contribution is -2.20. The van der Waals surface area contributed by atoms with E-state index in [-0.39, 0.29) is 18.5 Å². The zero-order valence-electron chi connectivity index (χ0n) is 13.1. The number of benzene rings is 2. The maximum absolute atomic E-state index is 12.1. The van der Waals surface area contributed by atoms with Crippen LogP contribution in [-0.2, 0) is 4.79 Å². The standard InChI is InChI=1S/C18H14N4O3/c23-16(19-18-20-17(21-22-18)15-9-4-10-24-15)11-25-14-8-3-6-12-5-1-2-7-13(12)14/h1-10H,11H2,(H2,19,20,21,22,23). The molecule has 0 radical (unpaired) electrons. The van der Waals surface area contributed by atoms with Gasteiger partial charge in [0, 0.05) is 5.39 Å². The molecule has 7 nitrogen and oxygen atoms in total. The summed E-state index contributed by atoms with van der Waals surface area (Å²) in [5.41, 5.74) is 0. The van der Waals surface area contributed by atoms with Crippen molar-refractivity contribution >= 4 is 22.6 Å². The molecule has 0 unspecified atom stereocenters. The number of anilines is 1. The fraction of sp³-hybridized carbons (Fsp3) is 0.0556. The van der Waals surface area contributed by atoms with Crippen LogP contribution in [0.5, 0.6) is 5.75 Å². The van der Waals surface area contributed by atoms with Crippen LogP contribution < -0.4 is 10.1 Å². The zero-order chi connectivity index (χ0) is 17.1. The van der Waals surface area contributed by atoms with E-state index < -0.39 is 0 Å². The van der Waals surface area contributed by atoms with E-state index >= 15 is 0 Å². The molecule has 0 atom stereocenters. The number of H-pyrrole nitrogens is 1. The number of rotatable bonds is 5. The van der Waals surface area contributed by atoms with E-state index in [1.165, 1.54) is 6.26 Å². The molecule has 0 saturated carbocycles. The van der Waals surface area contributed by atoms with Crippen molar-refractivity contribution in [1.82, 2.24) is 15.2 Å². The van der Waals surface area contributed by atoms with Crippen molar-refractivity contribution in [2.45, 2.75) is 0 Å². The summed E-state index contributed by atoms with van der Waals surface area (Å²) in [6, 6.07) is 17.0. The summed E-state index contributed by atoms with van der Waals surface area (Å²) in [4.78, 5) is 16.2. The van der Waals surface area contributed by atoms with Gasteiger partial charge in [-0.1, -0.05) is 36.4 Å². The topological polar surface area (TPSA) is 93.0 Å². The Morgan fingerprint density at radius 3 is 2.88 bits per heavy atom. The molecule has 0 aliphatic carbocycles. The molecule has 0 bridgehead atoms. The van der Waals surface area contributed by atoms with Crippen molar-refractivity contribution < 1.29 is 13.9 Å². The van der Waals surface area contributed by atoms with Crippen molar-refractivity contribution in [2.75, 3.05) is 11.9 Å². The number of aromatic nitrogens is 3.